The second-order valence-electron chi connectivity index (χ2n) is 7.64. The molecule has 0 spiro atoms. The minimum atomic E-state index is -1.63. The van der Waals surface area contributed by atoms with Crippen LogP contribution < -0.4 is 0 Å². The number of rotatable bonds is 5. The zero-order chi connectivity index (χ0) is 21.6. The summed E-state index contributed by atoms with van der Waals surface area (Å²) >= 11 is 0. The van der Waals surface area contributed by atoms with E-state index in [0.29, 0.717) is 22.2 Å². The van der Waals surface area contributed by atoms with E-state index in [9.17, 15) is 15.3 Å². The standard InChI is InChI=1S/C22H24N4O4/c1-11-4-6-14(7-5-11)26-22-19(18(25-26)21(30)20(29)17(28)10-27)23-15-8-12(2)13(3)9-16(15)24-22/h4-9,17,20-21,27-30H,10H2,1-3H3. The van der Waals surface area contributed by atoms with E-state index >= 15 is 0 Å². The Morgan fingerprint density at radius 2 is 1.50 bits per heavy atom. The first-order chi connectivity index (χ1) is 14.3. The molecule has 0 bridgehead atoms. The maximum atomic E-state index is 10.7. The molecule has 0 saturated carbocycles. The van der Waals surface area contributed by atoms with Crippen molar-refractivity contribution in [3.63, 3.8) is 0 Å². The molecule has 3 unspecified atom stereocenters. The molecular weight excluding hydrogens is 384 g/mol. The van der Waals surface area contributed by atoms with Crippen LogP contribution in [0.15, 0.2) is 36.4 Å². The van der Waals surface area contributed by atoms with Gasteiger partial charge in [-0.1, -0.05) is 17.7 Å². The maximum absolute atomic E-state index is 10.7. The number of aryl methyl sites for hydroxylation is 3. The Balaban J connectivity index is 1.99. The highest BCUT2D eigenvalue weighted by Crippen LogP contribution is 2.29. The van der Waals surface area contributed by atoms with Crippen molar-refractivity contribution < 1.29 is 20.4 Å². The topological polar surface area (TPSA) is 125 Å². The lowest BCUT2D eigenvalue weighted by Gasteiger charge is -2.20. The van der Waals surface area contributed by atoms with E-state index in [1.54, 1.807) is 4.68 Å². The Hall–Kier alpha value is -2.91. The summed E-state index contributed by atoms with van der Waals surface area (Å²) in [4.78, 5) is 9.41. The summed E-state index contributed by atoms with van der Waals surface area (Å²) in [6.45, 7) is 5.26. The quantitative estimate of drug-likeness (QED) is 0.396. The highest BCUT2D eigenvalue weighted by atomic mass is 16.4. The van der Waals surface area contributed by atoms with Gasteiger partial charge in [-0.15, -0.1) is 0 Å². The molecule has 2 heterocycles. The van der Waals surface area contributed by atoms with E-state index in [1.807, 2.05) is 57.2 Å². The molecular formula is C22H24N4O4. The normalized spacial score (nSPS) is 14.9. The highest BCUT2D eigenvalue weighted by Gasteiger charge is 2.31. The third-order valence-corrected chi connectivity index (χ3v) is 5.38. The van der Waals surface area contributed by atoms with Crippen LogP contribution in [0, 0.1) is 20.8 Å². The van der Waals surface area contributed by atoms with Crippen LogP contribution in [-0.4, -0.2) is 59.0 Å². The molecule has 0 amide bonds. The SMILES string of the molecule is Cc1ccc(-n2nc(C(O)C(O)C(O)CO)c3nc4cc(C)c(C)cc4nc32)cc1. The molecule has 0 aliphatic heterocycles. The number of benzene rings is 2. The van der Waals surface area contributed by atoms with Gasteiger partial charge in [0.1, 0.15) is 29.5 Å². The van der Waals surface area contributed by atoms with E-state index in [4.69, 9.17) is 10.1 Å². The molecule has 2 aromatic carbocycles. The van der Waals surface area contributed by atoms with Crippen LogP contribution in [0.25, 0.3) is 27.9 Å². The summed E-state index contributed by atoms with van der Waals surface area (Å²) in [7, 11) is 0. The summed E-state index contributed by atoms with van der Waals surface area (Å²) < 4.78 is 1.56. The molecule has 0 radical (unpaired) electrons. The molecule has 0 aliphatic carbocycles. The molecule has 4 aromatic rings. The maximum Gasteiger partial charge on any atom is 0.182 e. The van der Waals surface area contributed by atoms with Crippen molar-refractivity contribution in [3.8, 4) is 5.69 Å². The largest absolute Gasteiger partial charge is 0.394 e. The molecule has 4 N–H and O–H groups in total. The third-order valence-electron chi connectivity index (χ3n) is 5.38. The van der Waals surface area contributed by atoms with Gasteiger partial charge in [0.2, 0.25) is 0 Å². The number of aliphatic hydroxyl groups excluding tert-OH is 4. The van der Waals surface area contributed by atoms with Crippen LogP contribution >= 0.6 is 0 Å². The van der Waals surface area contributed by atoms with E-state index in [2.05, 4.69) is 10.1 Å². The Labute approximate surface area is 173 Å². The zero-order valence-electron chi connectivity index (χ0n) is 17.0. The Kier molecular flexibility index (Phi) is 5.25. The van der Waals surface area contributed by atoms with Crippen LogP contribution in [-0.2, 0) is 0 Å². The number of nitrogens with zero attached hydrogens (tertiary/aromatic N) is 4. The lowest BCUT2D eigenvalue weighted by atomic mass is 10.0. The lowest BCUT2D eigenvalue weighted by Crippen LogP contribution is -2.35. The second kappa shape index (κ2) is 7.73. The predicted octanol–water partition coefficient (Wildman–Crippen LogP) is 1.64. The fourth-order valence-electron chi connectivity index (χ4n) is 3.37. The average Bonchev–Trinajstić information content (AvgIpc) is 3.10. The lowest BCUT2D eigenvalue weighted by molar-refractivity contribution is -0.0786. The summed E-state index contributed by atoms with van der Waals surface area (Å²) in [5, 5.41) is 44.4. The predicted molar refractivity (Wildman–Crippen MR) is 112 cm³/mol. The van der Waals surface area contributed by atoms with Gasteiger partial charge in [0.15, 0.2) is 5.65 Å². The van der Waals surface area contributed by atoms with E-state index < -0.39 is 24.9 Å². The molecule has 2 aromatic heterocycles. The number of hydrogen-bond donors (Lipinski definition) is 4. The monoisotopic (exact) mass is 408 g/mol. The Morgan fingerprint density at radius 1 is 0.900 bits per heavy atom. The number of fused-ring (bicyclic) bond motifs is 2. The van der Waals surface area contributed by atoms with Crippen LogP contribution in [0.3, 0.4) is 0 Å². The van der Waals surface area contributed by atoms with Gasteiger partial charge in [-0.2, -0.15) is 5.10 Å². The highest BCUT2D eigenvalue weighted by molar-refractivity contribution is 5.87. The van der Waals surface area contributed by atoms with Crippen molar-refractivity contribution in [2.45, 2.75) is 39.1 Å². The molecule has 4 rings (SSSR count). The van der Waals surface area contributed by atoms with Crippen LogP contribution in [0.5, 0.6) is 0 Å². The second-order valence-corrected chi connectivity index (χ2v) is 7.64. The first-order valence-corrected chi connectivity index (χ1v) is 9.70. The first-order valence-electron chi connectivity index (χ1n) is 9.70. The minimum Gasteiger partial charge on any atom is -0.394 e. The van der Waals surface area contributed by atoms with Crippen LogP contribution in [0.4, 0.5) is 0 Å². The molecule has 8 heteroatoms. The molecule has 156 valence electrons. The van der Waals surface area contributed by atoms with Gasteiger partial charge in [0.25, 0.3) is 0 Å². The smallest absolute Gasteiger partial charge is 0.182 e. The Morgan fingerprint density at radius 3 is 2.10 bits per heavy atom. The van der Waals surface area contributed by atoms with Gasteiger partial charge in [-0.3, -0.25) is 0 Å². The van der Waals surface area contributed by atoms with Gasteiger partial charge >= 0.3 is 0 Å². The summed E-state index contributed by atoms with van der Waals surface area (Å²) in [5.41, 5.74) is 6.10. The number of aromatic nitrogens is 4. The molecule has 0 aliphatic rings. The fraction of sp³-hybridized carbons (Fsp3) is 0.318. The van der Waals surface area contributed by atoms with Gasteiger partial charge < -0.3 is 20.4 Å². The van der Waals surface area contributed by atoms with E-state index in [0.717, 1.165) is 22.4 Å². The number of aliphatic hydroxyl groups is 4. The zero-order valence-corrected chi connectivity index (χ0v) is 17.0. The van der Waals surface area contributed by atoms with Crippen LogP contribution in [0.1, 0.15) is 28.5 Å². The summed E-state index contributed by atoms with van der Waals surface area (Å²) in [6.07, 6.45) is -4.70. The first kappa shape index (κ1) is 20.4. The van der Waals surface area contributed by atoms with Gasteiger partial charge in [0.05, 0.1) is 23.3 Å². The van der Waals surface area contributed by atoms with Crippen molar-refractivity contribution in [3.05, 3.63) is 58.8 Å². The van der Waals surface area contributed by atoms with Gasteiger partial charge in [0, 0.05) is 0 Å². The summed E-state index contributed by atoms with van der Waals surface area (Å²) in [5.74, 6) is 0. The average molecular weight is 408 g/mol. The van der Waals surface area contributed by atoms with E-state index in [1.165, 1.54) is 0 Å². The molecule has 0 fully saturated rings. The Bertz CT molecular complexity index is 1220. The van der Waals surface area contributed by atoms with Crippen LogP contribution in [0.2, 0.25) is 0 Å². The minimum absolute atomic E-state index is 0.0817. The fourth-order valence-corrected chi connectivity index (χ4v) is 3.37. The van der Waals surface area contributed by atoms with Gasteiger partial charge in [-0.05, 0) is 56.2 Å². The van der Waals surface area contributed by atoms with Crippen molar-refractivity contribution in [2.24, 2.45) is 0 Å². The molecule has 8 nitrogen and oxygen atoms in total. The summed E-state index contributed by atoms with van der Waals surface area (Å²) in [6, 6.07) is 11.5. The van der Waals surface area contributed by atoms with Crippen molar-refractivity contribution in [2.75, 3.05) is 6.61 Å². The van der Waals surface area contributed by atoms with Gasteiger partial charge in [-0.25, -0.2) is 14.6 Å². The molecule has 0 saturated heterocycles. The van der Waals surface area contributed by atoms with E-state index in [-0.39, 0.29) is 5.69 Å². The third kappa shape index (κ3) is 3.44. The van der Waals surface area contributed by atoms with Crippen molar-refractivity contribution >= 4 is 22.2 Å². The number of hydrogen-bond acceptors (Lipinski definition) is 7. The van der Waals surface area contributed by atoms with Crippen molar-refractivity contribution in [1.82, 2.24) is 19.7 Å². The molecule has 30 heavy (non-hydrogen) atoms. The van der Waals surface area contributed by atoms with Crippen molar-refractivity contribution in [1.29, 1.82) is 0 Å². The molecule has 3 atom stereocenters.